The van der Waals surface area contributed by atoms with Gasteiger partial charge in [-0.3, -0.25) is 0 Å². The van der Waals surface area contributed by atoms with Gasteiger partial charge in [0.05, 0.1) is 5.56 Å². The molecular weight excluding hydrogens is 156 g/mol. The van der Waals surface area contributed by atoms with Crippen molar-refractivity contribution in [2.45, 2.75) is 0 Å². The molecule has 0 saturated heterocycles. The number of nitriles is 1. The quantitative estimate of drug-likeness (QED) is 0.576. The Hall–Kier alpha value is -0.560. The summed E-state index contributed by atoms with van der Waals surface area (Å²) in [6, 6.07) is 5.03. The molecule has 0 aliphatic heterocycles. The Bertz CT molecular complexity index is 295. The molecule has 0 unspecified atom stereocenters. The van der Waals surface area contributed by atoms with Gasteiger partial charge in [-0.2, -0.15) is 5.26 Å². The van der Waals surface area contributed by atoms with E-state index in [-0.39, 0.29) is 40.9 Å². The largest absolute Gasteiger partial charge is 0.508 e. The third-order valence-corrected chi connectivity index (χ3v) is 1.07. The van der Waals surface area contributed by atoms with Crippen LogP contribution in [0.25, 0.3) is 0 Å². The molecule has 11 heavy (non-hydrogen) atoms. The first-order valence-corrected chi connectivity index (χ1v) is 2.62. The molecule has 1 radical (unpaired) electrons. The zero-order chi connectivity index (χ0) is 7.56. The molecule has 0 heterocycles. The van der Waals surface area contributed by atoms with Crippen LogP contribution in [0, 0.1) is 17.1 Å². The Morgan fingerprint density at radius 3 is 2.55 bits per heavy atom. The maximum Gasteiger partial charge on any atom is 0.144 e. The fourth-order valence-electron chi connectivity index (χ4n) is 0.595. The Balaban J connectivity index is 0.000001000. The van der Waals surface area contributed by atoms with E-state index in [1.165, 1.54) is 12.1 Å². The fourth-order valence-corrected chi connectivity index (χ4v) is 0.595. The van der Waals surface area contributed by atoms with Crippen LogP contribution in [0.5, 0.6) is 5.75 Å². The first-order chi connectivity index (χ1) is 4.74. The number of benzene rings is 1. The van der Waals surface area contributed by atoms with Gasteiger partial charge >= 0.3 is 0 Å². The summed E-state index contributed by atoms with van der Waals surface area (Å²) < 4.78 is 12.5. The number of phenols is 1. The third kappa shape index (κ3) is 2.51. The molecule has 0 spiro atoms. The van der Waals surface area contributed by atoms with Gasteiger partial charge in [0.1, 0.15) is 17.6 Å². The van der Waals surface area contributed by atoms with Crippen LogP contribution in [0.15, 0.2) is 18.2 Å². The van der Waals surface area contributed by atoms with Crippen molar-refractivity contribution in [3.8, 4) is 11.8 Å². The van der Waals surface area contributed by atoms with Gasteiger partial charge in [0.25, 0.3) is 0 Å². The molecule has 1 N–H and O–H groups in total. The van der Waals surface area contributed by atoms with Gasteiger partial charge in [0.15, 0.2) is 0 Å². The molecule has 1 aromatic rings. The van der Waals surface area contributed by atoms with E-state index >= 15 is 0 Å². The summed E-state index contributed by atoms with van der Waals surface area (Å²) in [5.41, 5.74) is -0.0576. The number of hydrogen-bond acceptors (Lipinski definition) is 2. The minimum Gasteiger partial charge on any atom is -0.508 e. The standard InChI is InChI=1S/C7H4FNO.Na/c8-7-3-6(10)2-1-5(7)4-9;/h1-3,10H;. The average molecular weight is 160 g/mol. The molecule has 1 aromatic carbocycles. The van der Waals surface area contributed by atoms with Crippen LogP contribution in [0.3, 0.4) is 0 Å². The number of halogens is 1. The summed E-state index contributed by atoms with van der Waals surface area (Å²) >= 11 is 0. The second-order valence-corrected chi connectivity index (χ2v) is 1.78. The second-order valence-electron chi connectivity index (χ2n) is 1.78. The monoisotopic (exact) mass is 160 g/mol. The summed E-state index contributed by atoms with van der Waals surface area (Å²) in [6.45, 7) is 0. The molecule has 0 aliphatic rings. The van der Waals surface area contributed by atoms with E-state index in [0.717, 1.165) is 6.07 Å². The zero-order valence-electron chi connectivity index (χ0n) is 6.00. The maximum atomic E-state index is 12.5. The molecule has 0 bridgehead atoms. The SMILES string of the molecule is N#Cc1ccc(O)cc1F.[Na]. The normalized spacial score (nSPS) is 8.00. The van der Waals surface area contributed by atoms with Crippen LogP contribution in [-0.2, 0) is 0 Å². The van der Waals surface area contributed by atoms with Gasteiger partial charge in [0.2, 0.25) is 0 Å². The second kappa shape index (κ2) is 4.35. The number of hydrogen-bond donors (Lipinski definition) is 1. The van der Waals surface area contributed by atoms with E-state index in [2.05, 4.69) is 0 Å². The molecule has 51 valence electrons. The summed E-state index contributed by atoms with van der Waals surface area (Å²) in [6.07, 6.45) is 0. The Morgan fingerprint density at radius 2 is 2.09 bits per heavy atom. The van der Waals surface area contributed by atoms with Crippen molar-refractivity contribution in [1.29, 1.82) is 5.26 Å². The summed E-state index contributed by atoms with van der Waals surface area (Å²) in [7, 11) is 0. The van der Waals surface area contributed by atoms with Crippen LogP contribution >= 0.6 is 0 Å². The van der Waals surface area contributed by atoms with E-state index in [9.17, 15) is 4.39 Å². The number of phenolic OH excluding ortho intramolecular Hbond substituents is 1. The topological polar surface area (TPSA) is 44.0 Å². The van der Waals surface area contributed by atoms with Gasteiger partial charge in [0, 0.05) is 35.6 Å². The third-order valence-electron chi connectivity index (χ3n) is 1.07. The molecule has 0 atom stereocenters. The van der Waals surface area contributed by atoms with Gasteiger partial charge in [-0.15, -0.1) is 0 Å². The molecule has 0 aliphatic carbocycles. The molecule has 0 saturated carbocycles. The minimum absolute atomic E-state index is 0. The van der Waals surface area contributed by atoms with Crippen molar-refractivity contribution in [3.05, 3.63) is 29.6 Å². The summed E-state index contributed by atoms with van der Waals surface area (Å²) in [5, 5.41) is 16.9. The van der Waals surface area contributed by atoms with Crippen LogP contribution in [0.1, 0.15) is 5.56 Å². The van der Waals surface area contributed by atoms with Crippen LogP contribution in [0.4, 0.5) is 4.39 Å². The van der Waals surface area contributed by atoms with Crippen molar-refractivity contribution < 1.29 is 9.50 Å². The van der Waals surface area contributed by atoms with Crippen molar-refractivity contribution in [3.63, 3.8) is 0 Å². The summed E-state index contributed by atoms with van der Waals surface area (Å²) in [5.74, 6) is -0.862. The van der Waals surface area contributed by atoms with Crippen LogP contribution < -0.4 is 0 Å². The van der Waals surface area contributed by atoms with E-state index in [1.54, 1.807) is 6.07 Å². The first kappa shape index (κ1) is 10.4. The molecule has 1 rings (SSSR count). The van der Waals surface area contributed by atoms with Crippen molar-refractivity contribution in [1.82, 2.24) is 0 Å². The van der Waals surface area contributed by atoms with Gasteiger partial charge in [-0.1, -0.05) is 0 Å². The van der Waals surface area contributed by atoms with E-state index in [4.69, 9.17) is 10.4 Å². The van der Waals surface area contributed by atoms with Gasteiger partial charge < -0.3 is 5.11 Å². The zero-order valence-corrected chi connectivity index (χ0v) is 8.00. The summed E-state index contributed by atoms with van der Waals surface area (Å²) in [4.78, 5) is 0. The maximum absolute atomic E-state index is 12.5. The number of rotatable bonds is 0. The van der Waals surface area contributed by atoms with Crippen molar-refractivity contribution in [2.24, 2.45) is 0 Å². The van der Waals surface area contributed by atoms with Crippen molar-refractivity contribution >= 4 is 29.6 Å². The van der Waals surface area contributed by atoms with Gasteiger partial charge in [-0.25, -0.2) is 4.39 Å². The fraction of sp³-hybridized carbons (Fsp3) is 0. The minimum atomic E-state index is -0.692. The number of nitrogens with zero attached hydrogens (tertiary/aromatic N) is 1. The molecule has 4 heteroatoms. The predicted octanol–water partition coefficient (Wildman–Crippen LogP) is 1.02. The van der Waals surface area contributed by atoms with Crippen molar-refractivity contribution in [2.75, 3.05) is 0 Å². The molecule has 0 fully saturated rings. The molecule has 2 nitrogen and oxygen atoms in total. The van der Waals surface area contributed by atoms with Crippen LogP contribution in [-0.4, -0.2) is 34.7 Å². The van der Waals surface area contributed by atoms with E-state index in [1.807, 2.05) is 0 Å². The Kier molecular flexibility index (Phi) is 4.12. The molecule has 0 amide bonds. The Labute approximate surface area is 85.6 Å². The van der Waals surface area contributed by atoms with E-state index in [0.29, 0.717) is 0 Å². The smallest absolute Gasteiger partial charge is 0.144 e. The van der Waals surface area contributed by atoms with E-state index < -0.39 is 5.82 Å². The van der Waals surface area contributed by atoms with Gasteiger partial charge in [-0.05, 0) is 12.1 Å². The first-order valence-electron chi connectivity index (χ1n) is 2.62. The molecule has 0 aromatic heterocycles. The molecular formula is C7H4FNNaO. The number of aromatic hydroxyl groups is 1. The average Bonchev–Trinajstić information content (AvgIpc) is 1.88. The predicted molar refractivity (Wildman–Crippen MR) is 38.5 cm³/mol. The van der Waals surface area contributed by atoms with Crippen LogP contribution in [0.2, 0.25) is 0 Å². The Morgan fingerprint density at radius 1 is 1.45 bits per heavy atom.